The minimum atomic E-state index is -0.175. The molecule has 6 heteroatoms. The molecule has 1 heterocycles. The maximum atomic E-state index is 11.3. The first-order valence-corrected chi connectivity index (χ1v) is 4.04. The number of H-pyrrole nitrogens is 1. The third-order valence-corrected chi connectivity index (χ3v) is 1.94. The molecule has 0 amide bonds. The van der Waals surface area contributed by atoms with Crippen molar-refractivity contribution in [2.75, 3.05) is 0 Å². The molecule has 2 aromatic rings. The summed E-state index contributed by atoms with van der Waals surface area (Å²) in [5.41, 5.74) is 1.17. The number of nitrogens with one attached hydrogen (secondary N) is 1. The largest absolute Gasteiger partial charge is 0.355 e. The number of aromatic nitrogens is 2. The Morgan fingerprint density at radius 1 is 1.50 bits per heavy atom. The lowest BCUT2D eigenvalue weighted by Gasteiger charge is -1.98. The van der Waals surface area contributed by atoms with E-state index in [4.69, 9.17) is 5.26 Å². The summed E-state index contributed by atoms with van der Waals surface area (Å²) in [6, 6.07) is 5.05. The highest BCUT2D eigenvalue weighted by Gasteiger charge is 2.02. The topological polar surface area (TPSA) is 75.2 Å². The average molecular weight is 190 g/mol. The van der Waals surface area contributed by atoms with E-state index in [1.807, 2.05) is 0 Å². The normalized spacial score (nSPS) is 10.4. The van der Waals surface area contributed by atoms with Gasteiger partial charge in [0.2, 0.25) is 0 Å². The number of rotatable bonds is 2. The van der Waals surface area contributed by atoms with Gasteiger partial charge in [-0.3, -0.25) is 10.1 Å². The fourth-order valence-corrected chi connectivity index (χ4v) is 1.28. The van der Waals surface area contributed by atoms with Gasteiger partial charge in [0.25, 0.3) is 5.56 Å². The SMILES string of the molecule is O=c1[nH]cnc2cc(BOO)ccc12. The molecule has 0 fully saturated rings. The predicted molar refractivity (Wildman–Crippen MR) is 52.9 cm³/mol. The second-order valence-corrected chi connectivity index (χ2v) is 2.86. The summed E-state index contributed by atoms with van der Waals surface area (Å²) in [4.78, 5) is 21.7. The van der Waals surface area contributed by atoms with Gasteiger partial charge < -0.3 is 9.79 Å². The lowest BCUT2D eigenvalue weighted by Crippen LogP contribution is -2.17. The number of hydrogen-bond donors (Lipinski definition) is 2. The molecule has 0 atom stereocenters. The van der Waals surface area contributed by atoms with Crippen LogP contribution in [0.1, 0.15) is 0 Å². The summed E-state index contributed by atoms with van der Waals surface area (Å²) < 4.78 is 0. The van der Waals surface area contributed by atoms with Crippen LogP contribution in [0.3, 0.4) is 0 Å². The highest BCUT2D eigenvalue weighted by Crippen LogP contribution is 2.01. The molecule has 0 unspecified atom stereocenters. The molecule has 70 valence electrons. The minimum Gasteiger partial charge on any atom is -0.313 e. The Kier molecular flexibility index (Phi) is 2.30. The molecule has 0 saturated carbocycles. The highest BCUT2D eigenvalue weighted by molar-refractivity contribution is 6.47. The molecule has 0 spiro atoms. The van der Waals surface area contributed by atoms with Gasteiger partial charge in [-0.15, -0.1) is 0 Å². The maximum absolute atomic E-state index is 11.3. The van der Waals surface area contributed by atoms with Crippen LogP contribution in [0.25, 0.3) is 10.9 Å². The Labute approximate surface area is 79.6 Å². The van der Waals surface area contributed by atoms with E-state index < -0.39 is 0 Å². The molecule has 0 radical (unpaired) electrons. The van der Waals surface area contributed by atoms with E-state index in [1.54, 1.807) is 18.2 Å². The van der Waals surface area contributed by atoms with Crippen molar-refractivity contribution in [2.45, 2.75) is 0 Å². The van der Waals surface area contributed by atoms with Gasteiger partial charge >= 0.3 is 7.48 Å². The van der Waals surface area contributed by atoms with Gasteiger partial charge in [-0.05, 0) is 17.6 Å². The van der Waals surface area contributed by atoms with E-state index in [9.17, 15) is 4.79 Å². The third kappa shape index (κ3) is 1.52. The molecular weight excluding hydrogens is 183 g/mol. The summed E-state index contributed by atoms with van der Waals surface area (Å²) >= 11 is 0. The van der Waals surface area contributed by atoms with E-state index in [1.165, 1.54) is 6.33 Å². The van der Waals surface area contributed by atoms with Crippen LogP contribution in [0.4, 0.5) is 0 Å². The van der Waals surface area contributed by atoms with Crippen molar-refractivity contribution in [2.24, 2.45) is 0 Å². The summed E-state index contributed by atoms with van der Waals surface area (Å²) in [6.45, 7) is 0. The fourth-order valence-electron chi connectivity index (χ4n) is 1.28. The maximum Gasteiger partial charge on any atom is 0.355 e. The minimum absolute atomic E-state index is 0.0877. The smallest absolute Gasteiger partial charge is 0.313 e. The molecule has 0 aliphatic rings. The molecule has 5 nitrogen and oxygen atoms in total. The van der Waals surface area contributed by atoms with Crippen molar-refractivity contribution in [1.82, 2.24) is 9.97 Å². The quantitative estimate of drug-likeness (QED) is 0.376. The van der Waals surface area contributed by atoms with Gasteiger partial charge in [-0.25, -0.2) is 4.98 Å². The summed E-state index contributed by atoms with van der Waals surface area (Å²) in [5, 5.41) is 8.78. The number of fused-ring (bicyclic) bond motifs is 1. The van der Waals surface area contributed by atoms with E-state index >= 15 is 0 Å². The molecule has 0 bridgehead atoms. The fraction of sp³-hybridized carbons (Fsp3) is 0. The summed E-state index contributed by atoms with van der Waals surface area (Å²) in [6.07, 6.45) is 1.34. The first-order valence-electron chi connectivity index (χ1n) is 4.04. The lowest BCUT2D eigenvalue weighted by molar-refractivity contribution is -0.135. The van der Waals surface area contributed by atoms with Crippen LogP contribution >= 0.6 is 0 Å². The predicted octanol–water partition coefficient (Wildman–Crippen LogP) is -0.611. The Hall–Kier alpha value is -1.66. The van der Waals surface area contributed by atoms with E-state index in [0.29, 0.717) is 10.9 Å². The van der Waals surface area contributed by atoms with E-state index in [2.05, 4.69) is 14.8 Å². The van der Waals surface area contributed by atoms with Crippen LogP contribution in [-0.4, -0.2) is 22.7 Å². The van der Waals surface area contributed by atoms with Crippen LogP contribution in [0.15, 0.2) is 29.3 Å². The molecule has 2 rings (SSSR count). The zero-order chi connectivity index (χ0) is 9.97. The van der Waals surface area contributed by atoms with Gasteiger partial charge in [0.05, 0.1) is 17.2 Å². The first-order chi connectivity index (χ1) is 6.81. The van der Waals surface area contributed by atoms with Crippen LogP contribution in [-0.2, 0) is 4.81 Å². The Bertz CT molecular complexity index is 511. The molecule has 0 saturated heterocycles. The monoisotopic (exact) mass is 190 g/mol. The van der Waals surface area contributed by atoms with Crippen molar-refractivity contribution in [3.05, 3.63) is 34.9 Å². The third-order valence-electron chi connectivity index (χ3n) is 1.94. The van der Waals surface area contributed by atoms with Crippen LogP contribution < -0.4 is 11.0 Å². The standard InChI is InChI=1S/C8H7BN2O3/c12-8-6-2-1-5(9-14-13)3-7(6)10-4-11-8/h1-4,9,13H,(H,10,11,12). The van der Waals surface area contributed by atoms with Gasteiger partial charge in [-0.1, -0.05) is 6.07 Å². The molecule has 1 aromatic heterocycles. The zero-order valence-electron chi connectivity index (χ0n) is 7.23. The van der Waals surface area contributed by atoms with Crippen molar-refractivity contribution in [1.29, 1.82) is 0 Å². The van der Waals surface area contributed by atoms with Gasteiger partial charge in [0.1, 0.15) is 0 Å². The van der Waals surface area contributed by atoms with Gasteiger partial charge in [0, 0.05) is 0 Å². The lowest BCUT2D eigenvalue weighted by atomic mass is 9.88. The molecule has 2 N–H and O–H groups in total. The first kappa shape index (κ1) is 8.92. The van der Waals surface area contributed by atoms with Crippen LogP contribution in [0, 0.1) is 0 Å². The van der Waals surface area contributed by atoms with Crippen molar-refractivity contribution in [3.63, 3.8) is 0 Å². The molecule has 1 aromatic carbocycles. The van der Waals surface area contributed by atoms with E-state index in [0.717, 1.165) is 5.46 Å². The molecule has 0 aliphatic heterocycles. The second-order valence-electron chi connectivity index (χ2n) is 2.86. The number of nitrogens with zero attached hydrogens (tertiary/aromatic N) is 1. The van der Waals surface area contributed by atoms with Crippen molar-refractivity contribution in [3.8, 4) is 0 Å². The Morgan fingerprint density at radius 2 is 2.36 bits per heavy atom. The van der Waals surface area contributed by atoms with Crippen molar-refractivity contribution < 1.29 is 10.1 Å². The number of hydrogen-bond acceptors (Lipinski definition) is 4. The molecular formula is C8H7BN2O3. The van der Waals surface area contributed by atoms with Crippen LogP contribution in [0.5, 0.6) is 0 Å². The summed E-state index contributed by atoms with van der Waals surface area (Å²) in [5.74, 6) is 0. The van der Waals surface area contributed by atoms with E-state index in [-0.39, 0.29) is 13.0 Å². The van der Waals surface area contributed by atoms with Crippen LogP contribution in [0.2, 0.25) is 0 Å². The Balaban J connectivity index is 2.61. The van der Waals surface area contributed by atoms with Gasteiger partial charge in [-0.2, -0.15) is 0 Å². The molecule has 0 aliphatic carbocycles. The second kappa shape index (κ2) is 3.61. The number of aromatic amines is 1. The highest BCUT2D eigenvalue weighted by atomic mass is 17.1. The number of benzene rings is 1. The zero-order valence-corrected chi connectivity index (χ0v) is 7.23. The average Bonchev–Trinajstić information content (AvgIpc) is 2.18. The van der Waals surface area contributed by atoms with Gasteiger partial charge in [0.15, 0.2) is 0 Å². The summed E-state index contributed by atoms with van der Waals surface area (Å²) in [7, 11) is 0.0877. The molecule has 14 heavy (non-hydrogen) atoms. The van der Waals surface area contributed by atoms with Crippen molar-refractivity contribution >= 4 is 23.8 Å². The Morgan fingerprint density at radius 3 is 3.14 bits per heavy atom.